The van der Waals surface area contributed by atoms with E-state index in [1.165, 1.54) is 27.0 Å². The molecule has 2 aromatic carbocycles. The smallest absolute Gasteiger partial charge is 0.243 e. The van der Waals surface area contributed by atoms with Gasteiger partial charge in [0.15, 0.2) is 0 Å². The molecule has 0 aromatic heterocycles. The van der Waals surface area contributed by atoms with Crippen LogP contribution in [0.2, 0.25) is 0 Å². The predicted octanol–water partition coefficient (Wildman–Crippen LogP) is 3.29. The number of fused-ring (bicyclic) bond motifs is 1. The first-order valence-electron chi connectivity index (χ1n) is 11.2. The summed E-state index contributed by atoms with van der Waals surface area (Å²) in [5, 5.41) is 2.86. The highest BCUT2D eigenvalue weighted by atomic mass is 32.2. The summed E-state index contributed by atoms with van der Waals surface area (Å²) in [6.07, 6.45) is 2.13. The molecule has 0 unspecified atom stereocenters. The van der Waals surface area contributed by atoms with E-state index >= 15 is 0 Å². The Morgan fingerprint density at radius 2 is 1.79 bits per heavy atom. The summed E-state index contributed by atoms with van der Waals surface area (Å²) in [7, 11) is -3.69. The van der Waals surface area contributed by atoms with Crippen LogP contribution in [0.15, 0.2) is 58.3 Å². The Morgan fingerprint density at radius 3 is 2.45 bits per heavy atom. The third kappa shape index (κ3) is 6.37. The summed E-state index contributed by atoms with van der Waals surface area (Å²) < 4.78 is 27.9. The van der Waals surface area contributed by atoms with Crippen molar-refractivity contribution in [3.63, 3.8) is 0 Å². The summed E-state index contributed by atoms with van der Waals surface area (Å²) in [6.45, 7) is 5.09. The van der Waals surface area contributed by atoms with Gasteiger partial charge in [0, 0.05) is 24.5 Å². The molecule has 1 aliphatic heterocycles. The molecule has 0 saturated heterocycles. The Bertz CT molecular complexity index is 1070. The van der Waals surface area contributed by atoms with Gasteiger partial charge in [-0.2, -0.15) is 4.31 Å². The van der Waals surface area contributed by atoms with E-state index in [9.17, 15) is 18.0 Å². The van der Waals surface area contributed by atoms with Gasteiger partial charge in [0.05, 0.1) is 16.3 Å². The van der Waals surface area contributed by atoms with Crippen LogP contribution in [0.1, 0.15) is 32.3 Å². The molecule has 3 rings (SSSR count). The van der Waals surface area contributed by atoms with Crippen LogP contribution in [-0.4, -0.2) is 56.5 Å². The Labute approximate surface area is 200 Å². The minimum Gasteiger partial charge on any atom is -0.354 e. The van der Waals surface area contributed by atoms with Crippen molar-refractivity contribution in [1.29, 1.82) is 0 Å². The van der Waals surface area contributed by atoms with Crippen LogP contribution in [0, 0.1) is 0 Å². The lowest BCUT2D eigenvalue weighted by molar-refractivity contribution is -0.122. The van der Waals surface area contributed by atoms with Gasteiger partial charge in [-0.1, -0.05) is 44.2 Å². The first-order valence-corrected chi connectivity index (χ1v) is 13.7. The van der Waals surface area contributed by atoms with E-state index in [4.69, 9.17) is 0 Å². The van der Waals surface area contributed by atoms with Crippen LogP contribution >= 0.6 is 11.8 Å². The van der Waals surface area contributed by atoms with E-state index in [0.29, 0.717) is 44.6 Å². The summed E-state index contributed by atoms with van der Waals surface area (Å²) >= 11 is 1.36. The van der Waals surface area contributed by atoms with Gasteiger partial charge in [-0.3, -0.25) is 9.59 Å². The van der Waals surface area contributed by atoms with E-state index in [2.05, 4.69) is 5.32 Å². The van der Waals surface area contributed by atoms with Crippen molar-refractivity contribution in [2.24, 2.45) is 0 Å². The van der Waals surface area contributed by atoms with E-state index in [0.717, 1.165) is 10.5 Å². The second-order valence-electron chi connectivity index (χ2n) is 7.89. The van der Waals surface area contributed by atoms with Crippen molar-refractivity contribution in [3.8, 4) is 0 Å². The standard InChI is InChI=1S/C24H31N3O4S2/c1-3-14-26(15-4-2)33(30,31)20-10-11-22-21(16-20)27(24(29)18-32-22)17-23(28)25-13-12-19-8-6-5-7-9-19/h5-11,16H,3-4,12-15,17-18H2,1-2H3,(H,25,28). The molecule has 0 fully saturated rings. The Kier molecular flexibility index (Phi) is 8.94. The molecule has 9 heteroatoms. The topological polar surface area (TPSA) is 86.8 Å². The molecular weight excluding hydrogens is 458 g/mol. The fraction of sp³-hybridized carbons (Fsp3) is 0.417. The minimum absolute atomic E-state index is 0.141. The molecule has 2 aromatic rings. The second kappa shape index (κ2) is 11.7. The molecule has 0 bridgehead atoms. The van der Waals surface area contributed by atoms with Gasteiger partial charge >= 0.3 is 0 Å². The number of hydrogen-bond acceptors (Lipinski definition) is 5. The number of sulfonamides is 1. The highest BCUT2D eigenvalue weighted by molar-refractivity contribution is 8.00. The Balaban J connectivity index is 1.76. The molecule has 0 saturated carbocycles. The van der Waals surface area contributed by atoms with Crippen molar-refractivity contribution >= 4 is 39.3 Å². The monoisotopic (exact) mass is 489 g/mol. The molecule has 1 aliphatic rings. The second-order valence-corrected chi connectivity index (χ2v) is 10.8. The van der Waals surface area contributed by atoms with Crippen LogP contribution in [0.5, 0.6) is 0 Å². The third-order valence-electron chi connectivity index (χ3n) is 5.34. The fourth-order valence-corrected chi connectivity index (χ4v) is 6.27. The molecule has 2 amide bonds. The Morgan fingerprint density at radius 1 is 1.09 bits per heavy atom. The zero-order valence-electron chi connectivity index (χ0n) is 19.1. The lowest BCUT2D eigenvalue weighted by atomic mass is 10.1. The number of carbonyl (C=O) groups excluding carboxylic acids is 2. The molecule has 0 radical (unpaired) electrons. The summed E-state index contributed by atoms with van der Waals surface area (Å²) in [5.41, 5.74) is 1.59. The lowest BCUT2D eigenvalue weighted by Gasteiger charge is -2.29. The van der Waals surface area contributed by atoms with Crippen molar-refractivity contribution < 1.29 is 18.0 Å². The number of amides is 2. The van der Waals surface area contributed by atoms with E-state index in [1.807, 2.05) is 44.2 Å². The van der Waals surface area contributed by atoms with Gasteiger partial charge in [0.25, 0.3) is 0 Å². The molecule has 0 aliphatic carbocycles. The number of anilines is 1. The molecule has 7 nitrogen and oxygen atoms in total. The van der Waals surface area contributed by atoms with Crippen LogP contribution in [-0.2, 0) is 26.0 Å². The highest BCUT2D eigenvalue weighted by Gasteiger charge is 2.30. The number of nitrogens with zero attached hydrogens (tertiary/aromatic N) is 2. The van der Waals surface area contributed by atoms with Crippen molar-refractivity contribution in [2.45, 2.75) is 42.9 Å². The van der Waals surface area contributed by atoms with Gasteiger partial charge in [-0.05, 0) is 43.0 Å². The SMILES string of the molecule is CCCN(CCC)S(=O)(=O)c1ccc2c(c1)N(CC(=O)NCCc1ccccc1)C(=O)CS2. The van der Waals surface area contributed by atoms with Crippen LogP contribution < -0.4 is 10.2 Å². The average Bonchev–Trinajstić information content (AvgIpc) is 2.81. The first kappa shape index (κ1) is 25.3. The average molecular weight is 490 g/mol. The molecule has 1 heterocycles. The van der Waals surface area contributed by atoms with Crippen LogP contribution in [0.3, 0.4) is 0 Å². The first-order chi connectivity index (χ1) is 15.9. The van der Waals surface area contributed by atoms with Crippen LogP contribution in [0.25, 0.3) is 0 Å². The predicted molar refractivity (Wildman–Crippen MR) is 132 cm³/mol. The summed E-state index contributed by atoms with van der Waals surface area (Å²) in [4.78, 5) is 27.6. The quantitative estimate of drug-likeness (QED) is 0.523. The maximum absolute atomic E-state index is 13.2. The molecule has 178 valence electrons. The molecule has 0 spiro atoms. The maximum atomic E-state index is 13.2. The lowest BCUT2D eigenvalue weighted by Crippen LogP contribution is -2.43. The molecule has 33 heavy (non-hydrogen) atoms. The highest BCUT2D eigenvalue weighted by Crippen LogP contribution is 2.37. The number of rotatable bonds is 11. The van der Waals surface area contributed by atoms with Gasteiger partial charge < -0.3 is 10.2 Å². The zero-order chi connectivity index (χ0) is 23.8. The van der Waals surface area contributed by atoms with Crippen LogP contribution in [0.4, 0.5) is 5.69 Å². The van der Waals surface area contributed by atoms with E-state index in [-0.39, 0.29) is 29.0 Å². The fourth-order valence-electron chi connectivity index (χ4n) is 3.71. The molecule has 1 N–H and O–H groups in total. The van der Waals surface area contributed by atoms with E-state index in [1.54, 1.807) is 12.1 Å². The van der Waals surface area contributed by atoms with Gasteiger partial charge in [-0.15, -0.1) is 11.8 Å². The van der Waals surface area contributed by atoms with Gasteiger partial charge in [0.1, 0.15) is 6.54 Å². The van der Waals surface area contributed by atoms with Gasteiger partial charge in [-0.25, -0.2) is 8.42 Å². The number of carbonyl (C=O) groups is 2. The Hall–Kier alpha value is -2.36. The summed E-state index contributed by atoms with van der Waals surface area (Å²) in [5.74, 6) is -0.267. The van der Waals surface area contributed by atoms with Crippen molar-refractivity contribution in [1.82, 2.24) is 9.62 Å². The normalized spacial score (nSPS) is 13.8. The molecular formula is C24H31N3O4S2. The number of thioether (sulfide) groups is 1. The number of hydrogen-bond donors (Lipinski definition) is 1. The number of benzene rings is 2. The van der Waals surface area contributed by atoms with Crippen molar-refractivity contribution in [2.75, 3.05) is 36.8 Å². The maximum Gasteiger partial charge on any atom is 0.243 e. The molecule has 0 atom stereocenters. The largest absolute Gasteiger partial charge is 0.354 e. The number of nitrogens with one attached hydrogen (secondary N) is 1. The third-order valence-corrected chi connectivity index (χ3v) is 8.28. The zero-order valence-corrected chi connectivity index (χ0v) is 20.8. The minimum atomic E-state index is -3.69. The van der Waals surface area contributed by atoms with Crippen molar-refractivity contribution in [3.05, 3.63) is 54.1 Å². The summed E-state index contributed by atoms with van der Waals surface area (Å²) in [6, 6.07) is 14.7. The van der Waals surface area contributed by atoms with Gasteiger partial charge in [0.2, 0.25) is 21.8 Å². The van der Waals surface area contributed by atoms with E-state index < -0.39 is 10.0 Å².